The van der Waals surface area contributed by atoms with Crippen LogP contribution in [0.4, 0.5) is 5.69 Å². The lowest BCUT2D eigenvalue weighted by Crippen LogP contribution is -3.12. The third kappa shape index (κ3) is 3.22. The van der Waals surface area contributed by atoms with Crippen LogP contribution in [0.15, 0.2) is 59.1 Å². The summed E-state index contributed by atoms with van der Waals surface area (Å²) in [6.45, 7) is 2.14. The molecule has 1 aromatic carbocycles. The number of carbonyl (C=O) groups is 1. The van der Waals surface area contributed by atoms with Crippen molar-refractivity contribution in [3.05, 3.63) is 87.6 Å². The SMILES string of the molecule is O=C([O-])c1ccc(C[NH+]2CCn3cccc3[C@H]2c2ccc([N+](=O)[O-])cc2)o1. The first-order chi connectivity index (χ1) is 13.0. The van der Waals surface area contributed by atoms with Gasteiger partial charge in [0.2, 0.25) is 0 Å². The molecule has 138 valence electrons. The minimum atomic E-state index is -1.34. The van der Waals surface area contributed by atoms with Gasteiger partial charge in [-0.1, -0.05) is 0 Å². The number of aromatic nitrogens is 1. The Bertz CT molecular complexity index is 989. The van der Waals surface area contributed by atoms with Crippen LogP contribution in [0, 0.1) is 10.1 Å². The third-order valence-corrected chi connectivity index (χ3v) is 4.94. The number of furan rings is 1. The van der Waals surface area contributed by atoms with E-state index in [9.17, 15) is 20.0 Å². The van der Waals surface area contributed by atoms with Crippen LogP contribution in [0.3, 0.4) is 0 Å². The molecule has 8 nitrogen and oxygen atoms in total. The molecule has 27 heavy (non-hydrogen) atoms. The number of nitrogens with zero attached hydrogens (tertiary/aromatic N) is 2. The second kappa shape index (κ2) is 6.73. The molecule has 0 saturated carbocycles. The molecule has 1 aliphatic rings. The number of non-ortho nitro benzene ring substituents is 1. The average Bonchev–Trinajstić information content (AvgIpc) is 3.31. The molecule has 0 fully saturated rings. The number of benzene rings is 1. The van der Waals surface area contributed by atoms with Gasteiger partial charge in [0.05, 0.1) is 23.7 Å². The summed E-state index contributed by atoms with van der Waals surface area (Å²) in [5, 5.41) is 21.9. The van der Waals surface area contributed by atoms with Crippen molar-refractivity contribution < 1.29 is 24.1 Å². The summed E-state index contributed by atoms with van der Waals surface area (Å²) in [7, 11) is 0. The van der Waals surface area contributed by atoms with Gasteiger partial charge in [0, 0.05) is 23.9 Å². The number of carboxylic acid groups (broad SMARTS) is 1. The number of nitro groups is 1. The molecule has 1 unspecified atom stereocenters. The first kappa shape index (κ1) is 17.0. The molecule has 3 aromatic rings. The van der Waals surface area contributed by atoms with Crippen LogP contribution in [0.1, 0.15) is 33.6 Å². The fourth-order valence-corrected chi connectivity index (χ4v) is 3.70. The molecule has 0 amide bonds. The van der Waals surface area contributed by atoms with Crippen LogP contribution in [-0.4, -0.2) is 22.0 Å². The van der Waals surface area contributed by atoms with E-state index < -0.39 is 10.9 Å². The predicted octanol–water partition coefficient (Wildman–Crippen LogP) is 0.541. The van der Waals surface area contributed by atoms with Gasteiger partial charge in [-0.05, 0) is 36.4 Å². The molecule has 3 heterocycles. The summed E-state index contributed by atoms with van der Waals surface area (Å²) in [5.74, 6) is -0.955. The van der Waals surface area contributed by atoms with E-state index in [4.69, 9.17) is 4.42 Å². The summed E-state index contributed by atoms with van der Waals surface area (Å²) < 4.78 is 7.54. The minimum Gasteiger partial charge on any atom is -0.542 e. The summed E-state index contributed by atoms with van der Waals surface area (Å²) in [6.07, 6.45) is 2.02. The van der Waals surface area contributed by atoms with Crippen molar-refractivity contribution in [2.24, 2.45) is 0 Å². The van der Waals surface area contributed by atoms with Crippen LogP contribution < -0.4 is 10.0 Å². The van der Waals surface area contributed by atoms with Gasteiger partial charge >= 0.3 is 0 Å². The maximum absolute atomic E-state index is 10.9. The van der Waals surface area contributed by atoms with E-state index in [-0.39, 0.29) is 17.5 Å². The molecular formula is C19H17N3O5. The molecule has 0 spiro atoms. The number of aromatic carboxylic acids is 1. The summed E-state index contributed by atoms with van der Waals surface area (Å²) in [6, 6.07) is 13.6. The van der Waals surface area contributed by atoms with Crippen molar-refractivity contribution in [3.63, 3.8) is 0 Å². The van der Waals surface area contributed by atoms with Crippen molar-refractivity contribution >= 4 is 11.7 Å². The van der Waals surface area contributed by atoms with Crippen molar-refractivity contribution in [2.45, 2.75) is 19.1 Å². The van der Waals surface area contributed by atoms with E-state index >= 15 is 0 Å². The Labute approximate surface area is 154 Å². The highest BCUT2D eigenvalue weighted by Gasteiger charge is 2.33. The zero-order valence-corrected chi connectivity index (χ0v) is 14.3. The zero-order valence-electron chi connectivity index (χ0n) is 14.3. The number of nitrogens with one attached hydrogen (secondary N) is 1. The van der Waals surface area contributed by atoms with E-state index in [0.29, 0.717) is 12.3 Å². The third-order valence-electron chi connectivity index (χ3n) is 4.94. The Balaban J connectivity index is 1.67. The summed E-state index contributed by atoms with van der Waals surface area (Å²) in [4.78, 5) is 22.6. The lowest BCUT2D eigenvalue weighted by atomic mass is 9.99. The van der Waals surface area contributed by atoms with E-state index in [2.05, 4.69) is 4.57 Å². The molecule has 1 aliphatic heterocycles. The van der Waals surface area contributed by atoms with Gasteiger partial charge in [-0.15, -0.1) is 0 Å². The van der Waals surface area contributed by atoms with Crippen LogP contribution in [-0.2, 0) is 13.1 Å². The Morgan fingerprint density at radius 1 is 1.22 bits per heavy atom. The van der Waals surface area contributed by atoms with Crippen LogP contribution in [0.25, 0.3) is 0 Å². The van der Waals surface area contributed by atoms with E-state index in [1.807, 2.05) is 18.3 Å². The maximum atomic E-state index is 10.9. The largest absolute Gasteiger partial charge is 0.542 e. The van der Waals surface area contributed by atoms with Gasteiger partial charge in [-0.3, -0.25) is 10.1 Å². The standard InChI is InChI=1S/C19H17N3O5/c23-19(24)17-8-7-15(27-17)12-21-11-10-20-9-1-2-16(20)18(21)13-3-5-14(6-4-13)22(25)26/h1-9,18H,10-12H2,(H,23,24)/t18-/m1/s1. The molecule has 0 bridgehead atoms. The molecule has 0 saturated heterocycles. The van der Waals surface area contributed by atoms with Crippen LogP contribution >= 0.6 is 0 Å². The first-order valence-electron chi connectivity index (χ1n) is 8.57. The number of rotatable bonds is 5. The second-order valence-electron chi connectivity index (χ2n) is 6.55. The number of nitro benzene ring substituents is 1. The van der Waals surface area contributed by atoms with Crippen LogP contribution in [0.5, 0.6) is 0 Å². The van der Waals surface area contributed by atoms with Gasteiger partial charge in [-0.2, -0.15) is 0 Å². The number of quaternary nitrogens is 1. The molecule has 0 aliphatic carbocycles. The first-order valence-corrected chi connectivity index (χ1v) is 8.57. The van der Waals surface area contributed by atoms with E-state index in [1.54, 1.807) is 18.2 Å². The fraction of sp³-hybridized carbons (Fsp3) is 0.211. The number of hydrogen-bond donors (Lipinski definition) is 1. The molecule has 8 heteroatoms. The Morgan fingerprint density at radius 2 is 2.00 bits per heavy atom. The Morgan fingerprint density at radius 3 is 2.67 bits per heavy atom. The summed E-state index contributed by atoms with van der Waals surface area (Å²) >= 11 is 0. The topological polar surface area (TPSA) is 106 Å². The Kier molecular flexibility index (Phi) is 4.25. The zero-order chi connectivity index (χ0) is 19.0. The van der Waals surface area contributed by atoms with E-state index in [0.717, 1.165) is 24.3 Å². The smallest absolute Gasteiger partial charge is 0.269 e. The average molecular weight is 367 g/mol. The highest BCUT2D eigenvalue weighted by molar-refractivity contribution is 5.82. The molecule has 4 rings (SSSR count). The molecule has 0 radical (unpaired) electrons. The van der Waals surface area contributed by atoms with Gasteiger partial charge < -0.3 is 23.8 Å². The van der Waals surface area contributed by atoms with Crippen molar-refractivity contribution in [3.8, 4) is 0 Å². The highest BCUT2D eigenvalue weighted by atomic mass is 16.6. The molecule has 1 N–H and O–H groups in total. The van der Waals surface area contributed by atoms with Crippen molar-refractivity contribution in [2.75, 3.05) is 6.54 Å². The highest BCUT2D eigenvalue weighted by Crippen LogP contribution is 2.24. The quantitative estimate of drug-likeness (QED) is 0.523. The Hall–Kier alpha value is -3.39. The van der Waals surface area contributed by atoms with Crippen molar-refractivity contribution in [1.29, 1.82) is 0 Å². The number of carbonyl (C=O) groups excluding carboxylic acids is 1. The number of fused-ring (bicyclic) bond motifs is 1. The number of carboxylic acids is 1. The minimum absolute atomic E-state index is 0.0361. The summed E-state index contributed by atoms with van der Waals surface area (Å²) in [5.41, 5.74) is 2.12. The number of hydrogen-bond acceptors (Lipinski definition) is 5. The van der Waals surface area contributed by atoms with Gasteiger partial charge in [0.25, 0.3) is 5.69 Å². The van der Waals surface area contributed by atoms with Gasteiger partial charge in [-0.25, -0.2) is 0 Å². The lowest BCUT2D eigenvalue weighted by molar-refractivity contribution is -0.944. The lowest BCUT2D eigenvalue weighted by Gasteiger charge is -2.33. The van der Waals surface area contributed by atoms with E-state index in [1.165, 1.54) is 23.1 Å². The monoisotopic (exact) mass is 367 g/mol. The second-order valence-corrected chi connectivity index (χ2v) is 6.55. The fourth-order valence-electron chi connectivity index (χ4n) is 3.70. The van der Waals surface area contributed by atoms with Gasteiger partial charge in [0.15, 0.2) is 11.8 Å². The predicted molar refractivity (Wildman–Crippen MR) is 91.9 cm³/mol. The normalized spacial score (nSPS) is 18.8. The van der Waals surface area contributed by atoms with Crippen molar-refractivity contribution in [1.82, 2.24) is 4.57 Å². The van der Waals surface area contributed by atoms with Crippen LogP contribution in [0.2, 0.25) is 0 Å². The van der Waals surface area contributed by atoms with Gasteiger partial charge in [0.1, 0.15) is 18.3 Å². The maximum Gasteiger partial charge on any atom is 0.269 e. The molecule has 2 aromatic heterocycles. The molecular weight excluding hydrogens is 350 g/mol. The molecule has 2 atom stereocenters.